The van der Waals surface area contributed by atoms with Gasteiger partial charge in [0.05, 0.1) is 19.8 Å². The van der Waals surface area contributed by atoms with Crippen LogP contribution in [0.5, 0.6) is 0 Å². The average molecular weight is 377 g/mol. The van der Waals surface area contributed by atoms with Crippen molar-refractivity contribution in [3.63, 3.8) is 0 Å². The van der Waals surface area contributed by atoms with Gasteiger partial charge in [0.15, 0.2) is 5.96 Å². The summed E-state index contributed by atoms with van der Waals surface area (Å²) in [6.07, 6.45) is 2.92. The SMILES string of the molecule is CCc1cccc(NC(=O)CNC(=NC)NCCCOCC2CCOC2)c1. The molecular weight excluding hydrogens is 344 g/mol. The second-order valence-corrected chi connectivity index (χ2v) is 6.61. The highest BCUT2D eigenvalue weighted by atomic mass is 16.5. The summed E-state index contributed by atoms with van der Waals surface area (Å²) in [7, 11) is 1.69. The molecule has 7 nitrogen and oxygen atoms in total. The van der Waals surface area contributed by atoms with Gasteiger partial charge >= 0.3 is 0 Å². The molecule has 0 bridgehead atoms. The van der Waals surface area contributed by atoms with Crippen molar-refractivity contribution in [3.8, 4) is 0 Å². The van der Waals surface area contributed by atoms with Crippen molar-refractivity contribution < 1.29 is 14.3 Å². The smallest absolute Gasteiger partial charge is 0.243 e. The number of nitrogens with zero attached hydrogens (tertiary/aromatic N) is 1. The van der Waals surface area contributed by atoms with Crippen molar-refractivity contribution in [1.29, 1.82) is 0 Å². The van der Waals surface area contributed by atoms with Gasteiger partial charge in [-0.2, -0.15) is 0 Å². The maximum Gasteiger partial charge on any atom is 0.243 e. The number of hydrogen-bond donors (Lipinski definition) is 3. The number of ether oxygens (including phenoxy) is 2. The van der Waals surface area contributed by atoms with E-state index in [0.29, 0.717) is 18.5 Å². The lowest BCUT2D eigenvalue weighted by Gasteiger charge is -2.13. The summed E-state index contributed by atoms with van der Waals surface area (Å²) < 4.78 is 11.0. The van der Waals surface area contributed by atoms with E-state index in [-0.39, 0.29) is 12.5 Å². The van der Waals surface area contributed by atoms with Crippen LogP contribution < -0.4 is 16.0 Å². The normalized spacial score (nSPS) is 17.0. The lowest BCUT2D eigenvalue weighted by Crippen LogP contribution is -2.41. The second kappa shape index (κ2) is 12.3. The monoisotopic (exact) mass is 376 g/mol. The van der Waals surface area contributed by atoms with Crippen LogP contribution in [0.3, 0.4) is 0 Å². The van der Waals surface area contributed by atoms with Crippen LogP contribution in [0.1, 0.15) is 25.3 Å². The van der Waals surface area contributed by atoms with Gasteiger partial charge < -0.3 is 25.4 Å². The van der Waals surface area contributed by atoms with Crippen LogP contribution in [-0.4, -0.2) is 58.4 Å². The summed E-state index contributed by atoms with van der Waals surface area (Å²) in [6.45, 7) is 6.14. The molecule has 1 amide bonds. The molecule has 7 heteroatoms. The molecule has 2 rings (SSSR count). The fourth-order valence-corrected chi connectivity index (χ4v) is 2.80. The van der Waals surface area contributed by atoms with Gasteiger partial charge in [0.1, 0.15) is 0 Å². The van der Waals surface area contributed by atoms with Gasteiger partial charge in [-0.1, -0.05) is 19.1 Å². The summed E-state index contributed by atoms with van der Waals surface area (Å²) in [5, 5.41) is 9.11. The van der Waals surface area contributed by atoms with Crippen LogP contribution in [0.2, 0.25) is 0 Å². The Morgan fingerprint density at radius 3 is 3.00 bits per heavy atom. The number of carbonyl (C=O) groups excluding carboxylic acids is 1. The standard InChI is InChI=1S/C20H32N4O3/c1-3-16-6-4-7-18(12-16)24-19(25)13-23-20(21-2)22-9-5-10-26-14-17-8-11-27-15-17/h4,6-7,12,17H,3,5,8-11,13-15H2,1-2H3,(H,24,25)(H2,21,22,23). The van der Waals surface area contributed by atoms with Gasteiger partial charge in [0.25, 0.3) is 0 Å². The maximum atomic E-state index is 12.1. The van der Waals surface area contributed by atoms with Crippen molar-refractivity contribution in [1.82, 2.24) is 10.6 Å². The molecule has 0 saturated carbocycles. The second-order valence-electron chi connectivity index (χ2n) is 6.61. The molecule has 1 aliphatic heterocycles. The van der Waals surface area contributed by atoms with Gasteiger partial charge in [-0.15, -0.1) is 0 Å². The molecule has 1 heterocycles. The van der Waals surface area contributed by atoms with Gasteiger partial charge in [-0.05, 0) is 37.0 Å². The molecule has 1 atom stereocenters. The van der Waals surface area contributed by atoms with Gasteiger partial charge in [0.2, 0.25) is 5.91 Å². The van der Waals surface area contributed by atoms with E-state index in [9.17, 15) is 4.79 Å². The van der Waals surface area contributed by atoms with Crippen molar-refractivity contribution in [2.75, 3.05) is 51.9 Å². The molecule has 0 aliphatic carbocycles. The Labute approximate surface area is 161 Å². The van der Waals surface area contributed by atoms with E-state index >= 15 is 0 Å². The lowest BCUT2D eigenvalue weighted by molar-refractivity contribution is -0.115. The van der Waals surface area contributed by atoms with E-state index in [1.807, 2.05) is 24.3 Å². The number of anilines is 1. The predicted octanol–water partition coefficient (Wildman–Crippen LogP) is 1.80. The quantitative estimate of drug-likeness (QED) is 0.329. The average Bonchev–Trinajstić information content (AvgIpc) is 3.20. The zero-order chi connectivity index (χ0) is 19.3. The maximum absolute atomic E-state index is 12.1. The Hall–Kier alpha value is -2.12. The summed E-state index contributed by atoms with van der Waals surface area (Å²) in [5.74, 6) is 1.05. The molecule has 27 heavy (non-hydrogen) atoms. The molecule has 1 unspecified atom stereocenters. The van der Waals surface area contributed by atoms with Crippen molar-refractivity contribution in [2.45, 2.75) is 26.2 Å². The lowest BCUT2D eigenvalue weighted by atomic mass is 10.1. The minimum absolute atomic E-state index is 0.103. The van der Waals surface area contributed by atoms with Crippen molar-refractivity contribution in [3.05, 3.63) is 29.8 Å². The zero-order valence-electron chi connectivity index (χ0n) is 16.4. The summed E-state index contributed by atoms with van der Waals surface area (Å²) in [6, 6.07) is 7.87. The Morgan fingerprint density at radius 1 is 1.37 bits per heavy atom. The molecule has 0 radical (unpaired) electrons. The molecule has 1 saturated heterocycles. The minimum Gasteiger partial charge on any atom is -0.381 e. The molecule has 1 fully saturated rings. The Bertz CT molecular complexity index is 601. The van der Waals surface area contributed by atoms with Crippen LogP contribution in [0, 0.1) is 5.92 Å². The van der Waals surface area contributed by atoms with E-state index in [0.717, 1.165) is 51.3 Å². The number of guanidine groups is 1. The van der Waals surface area contributed by atoms with Gasteiger partial charge in [-0.3, -0.25) is 9.79 Å². The fraction of sp³-hybridized carbons (Fsp3) is 0.600. The molecule has 0 spiro atoms. The highest BCUT2D eigenvalue weighted by molar-refractivity contribution is 5.95. The van der Waals surface area contributed by atoms with E-state index in [4.69, 9.17) is 9.47 Å². The number of hydrogen-bond acceptors (Lipinski definition) is 4. The van der Waals surface area contributed by atoms with E-state index in [1.54, 1.807) is 7.05 Å². The minimum atomic E-state index is -0.103. The third-order valence-electron chi connectivity index (χ3n) is 4.39. The van der Waals surface area contributed by atoms with Crippen LogP contribution in [-0.2, 0) is 20.7 Å². The van der Waals surface area contributed by atoms with E-state index < -0.39 is 0 Å². The highest BCUT2D eigenvalue weighted by Crippen LogP contribution is 2.12. The van der Waals surface area contributed by atoms with Crippen LogP contribution in [0.4, 0.5) is 5.69 Å². The third kappa shape index (κ3) is 8.41. The third-order valence-corrected chi connectivity index (χ3v) is 4.39. The van der Waals surface area contributed by atoms with Crippen molar-refractivity contribution in [2.24, 2.45) is 10.9 Å². The molecular formula is C20H32N4O3. The van der Waals surface area contributed by atoms with Crippen molar-refractivity contribution >= 4 is 17.6 Å². The van der Waals surface area contributed by atoms with Crippen LogP contribution in [0.15, 0.2) is 29.3 Å². The Kier molecular flexibility index (Phi) is 9.65. The number of amides is 1. The molecule has 1 aromatic carbocycles. The fourth-order valence-electron chi connectivity index (χ4n) is 2.80. The van der Waals surface area contributed by atoms with Crippen LogP contribution >= 0.6 is 0 Å². The molecule has 0 aromatic heterocycles. The summed E-state index contributed by atoms with van der Waals surface area (Å²) in [5.41, 5.74) is 2.01. The topological polar surface area (TPSA) is 84.0 Å². The highest BCUT2D eigenvalue weighted by Gasteiger charge is 2.15. The van der Waals surface area contributed by atoms with E-state index in [2.05, 4.69) is 27.9 Å². The van der Waals surface area contributed by atoms with Gasteiger partial charge in [-0.25, -0.2) is 0 Å². The number of nitrogens with one attached hydrogen (secondary N) is 3. The van der Waals surface area contributed by atoms with E-state index in [1.165, 1.54) is 5.56 Å². The van der Waals surface area contributed by atoms with Crippen LogP contribution in [0.25, 0.3) is 0 Å². The number of benzene rings is 1. The first-order valence-electron chi connectivity index (χ1n) is 9.70. The summed E-state index contributed by atoms with van der Waals surface area (Å²) in [4.78, 5) is 16.2. The zero-order valence-corrected chi connectivity index (χ0v) is 16.4. The first-order valence-corrected chi connectivity index (χ1v) is 9.70. The number of rotatable bonds is 10. The Morgan fingerprint density at radius 2 is 2.26 bits per heavy atom. The number of carbonyl (C=O) groups is 1. The van der Waals surface area contributed by atoms with Gasteiger partial charge in [0, 0.05) is 38.4 Å². The summed E-state index contributed by atoms with van der Waals surface area (Å²) >= 11 is 0. The first-order chi connectivity index (χ1) is 13.2. The number of aryl methyl sites for hydroxylation is 1. The first kappa shape index (κ1) is 21.2. The Balaban J connectivity index is 1.56. The number of aliphatic imine (C=N–C) groups is 1. The molecule has 150 valence electrons. The molecule has 1 aromatic rings. The largest absolute Gasteiger partial charge is 0.381 e. The predicted molar refractivity (Wildman–Crippen MR) is 108 cm³/mol. The molecule has 3 N–H and O–H groups in total. The molecule has 1 aliphatic rings.